The van der Waals surface area contributed by atoms with E-state index in [0.717, 1.165) is 5.01 Å². The lowest BCUT2D eigenvalue weighted by Gasteiger charge is -2.27. The Morgan fingerprint density at radius 2 is 1.78 bits per heavy atom. The minimum absolute atomic E-state index is 0.0898. The third-order valence-electron chi connectivity index (χ3n) is 2.60. The molecule has 0 N–H and O–H groups in total. The first kappa shape index (κ1) is 12.5. The Morgan fingerprint density at radius 3 is 2.22 bits per heavy atom. The lowest BCUT2D eigenvalue weighted by molar-refractivity contribution is 0.0297. The molecule has 0 aromatic heterocycles. The number of fused-ring (bicyclic) bond motifs is 1. The second kappa shape index (κ2) is 4.73. The van der Waals surface area contributed by atoms with Crippen LogP contribution in [0.4, 0.5) is 0 Å². The van der Waals surface area contributed by atoms with Gasteiger partial charge in [-0.05, 0) is 31.3 Å². The average molecular weight is 264 g/mol. The smallest absolute Gasteiger partial charge is 0.280 e. The summed E-state index contributed by atoms with van der Waals surface area (Å²) >= 11 is 4.99. The third kappa shape index (κ3) is 1.84. The molecule has 0 unspecified atom stereocenters. The van der Waals surface area contributed by atoms with Gasteiger partial charge in [0.25, 0.3) is 17.0 Å². The highest BCUT2D eigenvalue weighted by molar-refractivity contribution is 7.80. The van der Waals surface area contributed by atoms with Crippen molar-refractivity contribution in [3.63, 3.8) is 0 Å². The maximum absolute atomic E-state index is 12.1. The van der Waals surface area contributed by atoms with Gasteiger partial charge < -0.3 is 4.74 Å². The second-order valence-electron chi connectivity index (χ2n) is 3.69. The molecule has 0 saturated carbocycles. The highest BCUT2D eigenvalue weighted by atomic mass is 32.1. The van der Waals surface area contributed by atoms with Crippen LogP contribution in [-0.4, -0.2) is 40.7 Å². The van der Waals surface area contributed by atoms with Crippen molar-refractivity contribution in [1.82, 2.24) is 10.0 Å². The molecule has 6 heteroatoms. The van der Waals surface area contributed by atoms with Gasteiger partial charge in [-0.15, -0.1) is 0 Å². The Kier molecular flexibility index (Phi) is 3.29. The van der Waals surface area contributed by atoms with Gasteiger partial charge in [-0.1, -0.05) is 12.1 Å². The molecule has 5 nitrogen and oxygen atoms in total. The van der Waals surface area contributed by atoms with Crippen molar-refractivity contribution in [3.05, 3.63) is 35.4 Å². The monoisotopic (exact) mass is 264 g/mol. The van der Waals surface area contributed by atoms with Gasteiger partial charge in [0.2, 0.25) is 0 Å². The van der Waals surface area contributed by atoms with Crippen molar-refractivity contribution in [2.24, 2.45) is 0 Å². The number of rotatable bonds is 2. The van der Waals surface area contributed by atoms with Crippen molar-refractivity contribution < 1.29 is 14.3 Å². The number of ether oxygens (including phenoxy) is 1. The highest BCUT2D eigenvalue weighted by Gasteiger charge is 2.39. The molecule has 0 bridgehead atoms. The molecule has 0 fully saturated rings. The van der Waals surface area contributed by atoms with Crippen LogP contribution in [0.3, 0.4) is 0 Å². The molecule has 0 atom stereocenters. The van der Waals surface area contributed by atoms with Gasteiger partial charge in [-0.3, -0.25) is 9.59 Å². The van der Waals surface area contributed by atoms with E-state index in [0.29, 0.717) is 17.7 Å². The SMILES string of the molecule is CCOC(=S)N(C)N1C(=O)c2ccccc2C1=O. The summed E-state index contributed by atoms with van der Waals surface area (Å²) in [5, 5.41) is 2.33. The lowest BCUT2D eigenvalue weighted by atomic mass is 10.1. The summed E-state index contributed by atoms with van der Waals surface area (Å²) in [4.78, 5) is 24.2. The topological polar surface area (TPSA) is 49.9 Å². The number of thiocarbonyl (C=S) groups is 1. The van der Waals surface area contributed by atoms with E-state index in [-0.39, 0.29) is 17.0 Å². The summed E-state index contributed by atoms with van der Waals surface area (Å²) in [5.74, 6) is -0.777. The van der Waals surface area contributed by atoms with Crippen molar-refractivity contribution in [1.29, 1.82) is 0 Å². The number of nitrogens with zero attached hydrogens (tertiary/aromatic N) is 2. The van der Waals surface area contributed by atoms with Crippen LogP contribution < -0.4 is 0 Å². The fraction of sp³-hybridized carbons (Fsp3) is 0.250. The first-order valence-corrected chi connectivity index (χ1v) is 5.87. The van der Waals surface area contributed by atoms with E-state index >= 15 is 0 Å². The number of imide groups is 1. The highest BCUT2D eigenvalue weighted by Crippen LogP contribution is 2.23. The van der Waals surface area contributed by atoms with E-state index in [1.807, 2.05) is 0 Å². The zero-order valence-electron chi connectivity index (χ0n) is 10.0. The zero-order chi connectivity index (χ0) is 13.3. The van der Waals surface area contributed by atoms with E-state index in [2.05, 4.69) is 0 Å². The minimum atomic E-state index is -0.389. The molecule has 0 radical (unpaired) electrons. The molecule has 0 spiro atoms. The number of amides is 2. The van der Waals surface area contributed by atoms with E-state index in [4.69, 9.17) is 17.0 Å². The van der Waals surface area contributed by atoms with Crippen LogP contribution in [0.5, 0.6) is 0 Å². The number of carbonyl (C=O) groups is 2. The largest absolute Gasteiger partial charge is 0.470 e. The van der Waals surface area contributed by atoms with E-state index in [1.54, 1.807) is 31.2 Å². The molecule has 18 heavy (non-hydrogen) atoms. The summed E-state index contributed by atoms with van der Waals surface area (Å²) < 4.78 is 5.12. The number of carbonyl (C=O) groups excluding carboxylic acids is 2. The van der Waals surface area contributed by atoms with Crippen LogP contribution in [-0.2, 0) is 4.74 Å². The maximum Gasteiger partial charge on any atom is 0.280 e. The zero-order valence-corrected chi connectivity index (χ0v) is 10.9. The molecule has 94 valence electrons. The standard InChI is InChI=1S/C12H12N2O3S/c1-3-17-12(18)13(2)14-10(15)8-6-4-5-7-9(8)11(14)16/h4-7H,3H2,1-2H3. The van der Waals surface area contributed by atoms with Gasteiger partial charge in [0.05, 0.1) is 17.7 Å². The van der Waals surface area contributed by atoms with Crippen LogP contribution in [0.1, 0.15) is 27.6 Å². The van der Waals surface area contributed by atoms with Gasteiger partial charge in [-0.25, -0.2) is 5.01 Å². The molecule has 0 aliphatic carbocycles. The Hall–Kier alpha value is -1.95. The molecule has 0 saturated heterocycles. The lowest BCUT2D eigenvalue weighted by Crippen LogP contribution is -2.47. The fourth-order valence-corrected chi connectivity index (χ4v) is 1.95. The van der Waals surface area contributed by atoms with Crippen molar-refractivity contribution in [2.75, 3.05) is 13.7 Å². The molecule has 2 amide bonds. The number of benzene rings is 1. The molecule has 1 aliphatic rings. The van der Waals surface area contributed by atoms with E-state index in [9.17, 15) is 9.59 Å². The molecule has 1 aliphatic heterocycles. The van der Waals surface area contributed by atoms with E-state index in [1.165, 1.54) is 12.1 Å². The Bertz CT molecular complexity index is 495. The first-order chi connectivity index (χ1) is 8.57. The molecule has 1 heterocycles. The Morgan fingerprint density at radius 1 is 1.28 bits per heavy atom. The van der Waals surface area contributed by atoms with Gasteiger partial charge in [0.1, 0.15) is 0 Å². The van der Waals surface area contributed by atoms with Crippen LogP contribution in [0.25, 0.3) is 0 Å². The Labute approximate surface area is 110 Å². The van der Waals surface area contributed by atoms with Gasteiger partial charge in [0.15, 0.2) is 0 Å². The first-order valence-electron chi connectivity index (χ1n) is 5.46. The quantitative estimate of drug-likeness (QED) is 0.598. The molecular weight excluding hydrogens is 252 g/mol. The molecule has 2 rings (SSSR count). The number of hydrogen-bond donors (Lipinski definition) is 0. The predicted molar refractivity (Wildman–Crippen MR) is 68.9 cm³/mol. The Balaban J connectivity index is 2.31. The van der Waals surface area contributed by atoms with E-state index < -0.39 is 0 Å². The summed E-state index contributed by atoms with van der Waals surface area (Å²) in [6.45, 7) is 2.16. The summed E-state index contributed by atoms with van der Waals surface area (Å²) in [6.07, 6.45) is 0. The summed E-state index contributed by atoms with van der Waals surface area (Å²) in [5.41, 5.74) is 0.766. The van der Waals surface area contributed by atoms with Crippen LogP contribution in [0, 0.1) is 0 Å². The summed E-state index contributed by atoms with van der Waals surface area (Å²) in [6, 6.07) is 6.67. The number of hydrazine groups is 1. The molecule has 1 aromatic carbocycles. The summed E-state index contributed by atoms with van der Waals surface area (Å²) in [7, 11) is 1.53. The van der Waals surface area contributed by atoms with Gasteiger partial charge in [0, 0.05) is 7.05 Å². The molecule has 1 aromatic rings. The number of hydrogen-bond acceptors (Lipinski definition) is 4. The van der Waals surface area contributed by atoms with Gasteiger partial charge >= 0.3 is 0 Å². The third-order valence-corrected chi connectivity index (χ3v) is 2.99. The minimum Gasteiger partial charge on any atom is -0.470 e. The molecular formula is C12H12N2O3S. The van der Waals surface area contributed by atoms with Gasteiger partial charge in [-0.2, -0.15) is 5.01 Å². The van der Waals surface area contributed by atoms with Crippen LogP contribution >= 0.6 is 12.2 Å². The fourth-order valence-electron chi connectivity index (χ4n) is 1.75. The van der Waals surface area contributed by atoms with Crippen LogP contribution in [0.15, 0.2) is 24.3 Å². The van der Waals surface area contributed by atoms with Crippen LogP contribution in [0.2, 0.25) is 0 Å². The maximum atomic E-state index is 12.1. The normalized spacial score (nSPS) is 13.6. The van der Waals surface area contributed by atoms with Crippen molar-refractivity contribution in [3.8, 4) is 0 Å². The average Bonchev–Trinajstić information content (AvgIpc) is 2.62. The van der Waals surface area contributed by atoms with Crippen molar-refractivity contribution >= 4 is 29.2 Å². The van der Waals surface area contributed by atoms with Crippen molar-refractivity contribution in [2.45, 2.75) is 6.92 Å². The second-order valence-corrected chi connectivity index (χ2v) is 4.04. The predicted octanol–water partition coefficient (Wildman–Crippen LogP) is 1.45.